The number of ether oxygens (including phenoxy) is 10. The lowest BCUT2D eigenvalue weighted by Crippen LogP contribution is -2.61. The van der Waals surface area contributed by atoms with Crippen LogP contribution in [0.2, 0.25) is 0 Å². The van der Waals surface area contributed by atoms with Gasteiger partial charge in [-0.25, -0.2) is 20.1 Å². The highest BCUT2D eigenvalue weighted by atomic mass is 33.1. The van der Waals surface area contributed by atoms with Gasteiger partial charge in [0.2, 0.25) is 0 Å². The fraction of sp³-hybridized carbons (Fsp3) is 0.818. The highest BCUT2D eigenvalue weighted by Crippen LogP contribution is 2.21. The first-order chi connectivity index (χ1) is 36.4. The highest BCUT2D eigenvalue weighted by molar-refractivity contribution is 8.77. The first-order valence-electron chi connectivity index (χ1n) is 24.7. The Morgan fingerprint density at radius 1 is 0.653 bits per heavy atom. The van der Waals surface area contributed by atoms with Gasteiger partial charge in [-0.3, -0.25) is 4.68 Å². The van der Waals surface area contributed by atoms with Crippen LogP contribution in [0.4, 0.5) is 9.59 Å². The number of amides is 3. The van der Waals surface area contributed by atoms with Crippen LogP contribution in [0.3, 0.4) is 0 Å². The van der Waals surface area contributed by atoms with E-state index < -0.39 is 23.3 Å². The number of hydrogen-bond acceptors (Lipinski definition) is 26. The van der Waals surface area contributed by atoms with Gasteiger partial charge in [-0.2, -0.15) is 0 Å². The van der Waals surface area contributed by atoms with Gasteiger partial charge >= 0.3 is 12.1 Å². The zero-order valence-corrected chi connectivity index (χ0v) is 47.4. The minimum Gasteiger partial charge on any atom is -0.444 e. The summed E-state index contributed by atoms with van der Waals surface area (Å²) in [6.07, 6.45) is 4.64. The zero-order chi connectivity index (χ0) is 54.5. The third-order valence-corrected chi connectivity index (χ3v) is 13.8. The fourth-order valence-corrected chi connectivity index (χ4v) is 9.18. The van der Waals surface area contributed by atoms with Gasteiger partial charge in [0.25, 0.3) is 0 Å². The van der Waals surface area contributed by atoms with Crippen molar-refractivity contribution in [1.82, 2.24) is 56.3 Å². The second-order valence-electron chi connectivity index (χ2n) is 17.0. The molecule has 0 aliphatic heterocycles. The number of aliphatic hydroxyl groups is 2. The summed E-state index contributed by atoms with van der Waals surface area (Å²) in [4.78, 5) is 25.3. The molecule has 0 fully saturated rings. The van der Waals surface area contributed by atoms with E-state index >= 15 is 0 Å². The lowest BCUT2D eigenvalue weighted by Gasteiger charge is -2.34. The maximum absolute atomic E-state index is 13.6. The number of urea groups is 1. The second kappa shape index (κ2) is 45.0. The number of nitrogens with zero attached hydrogens (tertiary/aromatic N) is 7. The van der Waals surface area contributed by atoms with Crippen LogP contribution in [0.5, 0.6) is 0 Å². The summed E-state index contributed by atoms with van der Waals surface area (Å²) in [6.45, 7) is 13.0. The van der Waals surface area contributed by atoms with E-state index in [1.165, 1.54) is 5.01 Å². The van der Waals surface area contributed by atoms with E-state index in [9.17, 15) is 9.59 Å². The molecule has 1 unspecified atom stereocenters. The minimum atomic E-state index is -1.27. The first-order valence-corrected chi connectivity index (χ1v) is 29.7. The van der Waals surface area contributed by atoms with Crippen LogP contribution in [0.25, 0.3) is 0 Å². The Kier molecular flexibility index (Phi) is 40.9. The number of aryl methyl sites for hydroxylation is 1. The lowest BCUT2D eigenvalue weighted by molar-refractivity contribution is -0.0400. The van der Waals surface area contributed by atoms with E-state index in [1.807, 2.05) is 7.05 Å². The Bertz CT molecular complexity index is 1740. The van der Waals surface area contributed by atoms with Crippen LogP contribution in [0.1, 0.15) is 32.2 Å². The van der Waals surface area contributed by atoms with Crippen molar-refractivity contribution in [2.24, 2.45) is 11.6 Å². The predicted octanol–water partition coefficient (Wildman–Crippen LogP) is 0.224. The number of alkyl carbamates (subject to hydrolysis) is 1. The maximum atomic E-state index is 13.6. The molecule has 10 N–H and O–H groups in total. The molecule has 3 amide bonds. The summed E-state index contributed by atoms with van der Waals surface area (Å²) >= 11 is 0. The average Bonchev–Trinajstić information content (AvgIpc) is 4.03. The minimum absolute atomic E-state index is 0.0281. The Morgan fingerprint density at radius 2 is 1.13 bits per heavy atom. The summed E-state index contributed by atoms with van der Waals surface area (Å²) < 4.78 is 60.6. The average molecular weight is 1150 g/mol. The highest BCUT2D eigenvalue weighted by Gasteiger charge is 2.34. The van der Waals surface area contributed by atoms with Crippen LogP contribution in [-0.2, 0) is 73.7 Å². The van der Waals surface area contributed by atoms with E-state index in [1.54, 1.807) is 91.9 Å². The third kappa shape index (κ3) is 39.1. The summed E-state index contributed by atoms with van der Waals surface area (Å²) in [5.41, 5.74) is 5.96. The van der Waals surface area contributed by atoms with Crippen molar-refractivity contribution in [2.75, 3.05) is 175 Å². The molecule has 1 atom stereocenters. The van der Waals surface area contributed by atoms with Gasteiger partial charge in [-0.1, -0.05) is 53.6 Å². The van der Waals surface area contributed by atoms with Gasteiger partial charge < -0.3 is 89.6 Å². The number of rotatable bonds is 50. The van der Waals surface area contributed by atoms with Crippen LogP contribution in [0.15, 0.2) is 24.3 Å². The van der Waals surface area contributed by atoms with E-state index in [0.717, 1.165) is 12.3 Å². The largest absolute Gasteiger partial charge is 0.444 e. The van der Waals surface area contributed by atoms with Crippen molar-refractivity contribution in [2.45, 2.75) is 58.2 Å². The number of likely N-dealkylation sites (N-methyl/N-ethyl adjacent to an activating group) is 1. The molecule has 0 radical (unpaired) electrons. The fourth-order valence-electron chi connectivity index (χ4n) is 5.70. The van der Waals surface area contributed by atoms with E-state index in [4.69, 9.17) is 69.2 Å². The summed E-state index contributed by atoms with van der Waals surface area (Å²) in [6, 6.07) is -0.519. The maximum Gasteiger partial charge on any atom is 0.407 e. The number of hydrazine groups is 1. The molecule has 2 rings (SSSR count). The quantitative estimate of drug-likeness (QED) is 0.0190. The molecule has 0 saturated carbocycles. The monoisotopic (exact) mass is 1150 g/mol. The number of nitrogens with two attached hydrogens (primary N) is 2. The van der Waals surface area contributed by atoms with Gasteiger partial charge in [0.1, 0.15) is 22.5 Å². The number of aliphatic hydroxyl groups excluding tert-OH is 2. The topological polar surface area (TPSA) is 332 Å². The van der Waals surface area contributed by atoms with E-state index in [2.05, 4.69) is 41.9 Å². The summed E-state index contributed by atoms with van der Waals surface area (Å²) in [5, 5.41) is 48.0. The second-order valence-corrected chi connectivity index (χ2v) is 22.4. The molecule has 0 spiro atoms. The third-order valence-electron chi connectivity index (χ3n) is 9.03. The lowest BCUT2D eigenvalue weighted by atomic mass is 10.0. The van der Waals surface area contributed by atoms with E-state index in [-0.39, 0.29) is 66.0 Å². The van der Waals surface area contributed by atoms with Crippen molar-refractivity contribution in [3.8, 4) is 0 Å². The van der Waals surface area contributed by atoms with Gasteiger partial charge in [0, 0.05) is 55.4 Å². The number of hydrogen-bond donors (Lipinski definition) is 8. The molecular weight excluding hydrogens is 1060 g/mol. The number of aromatic nitrogens is 6. The Hall–Kier alpha value is -2.96. The standard InChI is InChI=1S/C44H85N13O14S4/c1-43(2,3)71-42(61)49-7-15-64-19-23-67-24-20-65-16-8-56-30-39(51-53-56)33-69-36-44(35-68-32-38(45)29-55(46)9-25-72-74-27-11-58,37-70-34-40-31-57(54-52-40)10-26-73-75-28-12-59)50-41(60)48-6-14-63-18-22-66-21-17-62-13-5-47-4/h29-31,47,58-59H,5-28,32-37,45-46H2,1-4H3,(H,49,61)(H2,48,50,60)/b38-29-. The van der Waals surface area contributed by atoms with Crippen molar-refractivity contribution >= 4 is 55.3 Å². The first kappa shape index (κ1) is 68.1. The van der Waals surface area contributed by atoms with Crippen molar-refractivity contribution in [3.63, 3.8) is 0 Å². The molecule has 2 aromatic heterocycles. The zero-order valence-electron chi connectivity index (χ0n) is 44.2. The number of carbonyl (C=O) groups excluding carboxylic acids is 2. The van der Waals surface area contributed by atoms with Crippen LogP contribution in [0, 0.1) is 0 Å². The molecule has 2 aromatic rings. The van der Waals surface area contributed by atoms with Gasteiger partial charge in [-0.05, 0) is 27.8 Å². The van der Waals surface area contributed by atoms with Crippen LogP contribution in [-0.4, -0.2) is 244 Å². The van der Waals surface area contributed by atoms with Gasteiger partial charge in [0.15, 0.2) is 0 Å². The molecule has 31 heteroatoms. The van der Waals surface area contributed by atoms with Crippen LogP contribution < -0.4 is 32.8 Å². The van der Waals surface area contributed by atoms with Crippen molar-refractivity contribution in [1.29, 1.82) is 0 Å². The van der Waals surface area contributed by atoms with Gasteiger partial charge in [0.05, 0.1) is 163 Å². The Balaban J connectivity index is 2.02. The molecule has 0 aliphatic rings. The molecule has 27 nitrogen and oxygen atoms in total. The number of nitrogens with one attached hydrogen (secondary N) is 4. The summed E-state index contributed by atoms with van der Waals surface area (Å²) in [5.74, 6) is 8.92. The Labute approximate surface area is 457 Å². The summed E-state index contributed by atoms with van der Waals surface area (Å²) in [7, 11) is 8.24. The molecule has 2 heterocycles. The molecule has 0 saturated heterocycles. The normalized spacial score (nSPS) is 12.8. The molecule has 0 bridgehead atoms. The van der Waals surface area contributed by atoms with Crippen LogP contribution >= 0.6 is 43.2 Å². The smallest absolute Gasteiger partial charge is 0.407 e. The van der Waals surface area contributed by atoms with Crippen molar-refractivity contribution < 1.29 is 67.2 Å². The number of carbonyl (C=O) groups is 2. The van der Waals surface area contributed by atoms with Crippen molar-refractivity contribution in [3.05, 3.63) is 35.7 Å². The Morgan fingerprint density at radius 3 is 1.68 bits per heavy atom. The van der Waals surface area contributed by atoms with Gasteiger partial charge in [-0.15, -0.1) is 10.2 Å². The predicted molar refractivity (Wildman–Crippen MR) is 290 cm³/mol. The van der Waals surface area contributed by atoms with E-state index in [0.29, 0.717) is 133 Å². The molecule has 434 valence electrons. The SMILES string of the molecule is CNCCOCCOCCOCCNC(=O)NC(COC/C(N)=C/N(N)CCSSCCO)(COCc1cn(CCOCCOCCOCCNC(=O)OC(C)(C)C)nn1)COCc1cn(CCSSCCO)nn1. The molecule has 0 aliphatic carbocycles. The molecular formula is C44H85N13O14S4. The molecule has 75 heavy (non-hydrogen) atoms. The molecule has 0 aromatic carbocycles.